The molecule has 0 bridgehead atoms. The Bertz CT molecular complexity index is 1310. The van der Waals surface area contributed by atoms with Crippen LogP contribution in [0.25, 0.3) is 16.6 Å². The van der Waals surface area contributed by atoms with Crippen LogP contribution in [0.4, 0.5) is 0 Å². The van der Waals surface area contributed by atoms with E-state index in [1.807, 2.05) is 23.2 Å². The Hall–Kier alpha value is -2.84. The fourth-order valence-electron chi connectivity index (χ4n) is 5.45. The molecule has 0 aliphatic carbocycles. The summed E-state index contributed by atoms with van der Waals surface area (Å²) < 4.78 is 3.51. The fourth-order valence-corrected chi connectivity index (χ4v) is 5.45. The number of halogens is 1. The van der Waals surface area contributed by atoms with E-state index >= 15 is 0 Å². The van der Waals surface area contributed by atoms with Gasteiger partial charge in [-0.05, 0) is 69.7 Å². The zero-order valence-electron chi connectivity index (χ0n) is 19.7. The van der Waals surface area contributed by atoms with Crippen molar-refractivity contribution in [1.82, 2.24) is 24.3 Å². The average Bonchev–Trinajstić information content (AvgIpc) is 3.24. The highest BCUT2D eigenvalue weighted by atomic mass is 35.5. The third-order valence-corrected chi connectivity index (χ3v) is 7.38. The summed E-state index contributed by atoms with van der Waals surface area (Å²) in [4.78, 5) is 42.0. The van der Waals surface area contributed by atoms with Gasteiger partial charge in [0.2, 0.25) is 0 Å². The molecule has 0 radical (unpaired) electrons. The zero-order valence-corrected chi connectivity index (χ0v) is 20.5. The largest absolute Gasteiger partial charge is 0.345 e. The molecule has 2 fully saturated rings. The van der Waals surface area contributed by atoms with Crippen molar-refractivity contribution in [2.24, 2.45) is 5.41 Å². The Balaban J connectivity index is 0.00000274. The van der Waals surface area contributed by atoms with Crippen LogP contribution in [-0.2, 0) is 0 Å². The molecule has 34 heavy (non-hydrogen) atoms. The number of carbonyl (C=O) groups excluding carboxylic acids is 1. The number of amides is 1. The number of aromatic amines is 1. The molecule has 0 saturated carbocycles. The first-order valence-electron chi connectivity index (χ1n) is 11.8. The summed E-state index contributed by atoms with van der Waals surface area (Å²) in [6.45, 7) is 7.80. The molecule has 1 aromatic carbocycles. The number of carbonyl (C=O) groups is 1. The van der Waals surface area contributed by atoms with E-state index in [4.69, 9.17) is 0 Å². The predicted molar refractivity (Wildman–Crippen MR) is 135 cm³/mol. The Morgan fingerprint density at radius 1 is 1.06 bits per heavy atom. The number of rotatable bonds is 3. The van der Waals surface area contributed by atoms with Gasteiger partial charge in [0.1, 0.15) is 0 Å². The first-order valence-corrected chi connectivity index (χ1v) is 11.8. The number of fused-ring (bicyclic) bond motifs is 1. The summed E-state index contributed by atoms with van der Waals surface area (Å²) in [5.41, 5.74) is 1.42. The molecule has 9 heteroatoms. The number of nitrogens with one attached hydrogen (secondary N) is 2. The van der Waals surface area contributed by atoms with Crippen LogP contribution in [-0.4, -0.2) is 51.1 Å². The van der Waals surface area contributed by atoms with Crippen LogP contribution in [0.3, 0.4) is 0 Å². The van der Waals surface area contributed by atoms with Gasteiger partial charge in [-0.15, -0.1) is 12.4 Å². The smallest absolute Gasteiger partial charge is 0.332 e. The zero-order chi connectivity index (χ0) is 23.2. The topological polar surface area (TPSA) is 92.1 Å². The molecule has 0 atom stereocenters. The summed E-state index contributed by atoms with van der Waals surface area (Å²) in [6.07, 6.45) is 7.91. The maximum atomic E-state index is 13.6. The van der Waals surface area contributed by atoms with Crippen LogP contribution in [0, 0.1) is 5.41 Å². The number of nitrogens with zero attached hydrogens (tertiary/aromatic N) is 3. The van der Waals surface area contributed by atoms with Gasteiger partial charge < -0.3 is 14.8 Å². The quantitative estimate of drug-likeness (QED) is 0.596. The molecule has 2 aliphatic rings. The number of likely N-dealkylation sites (tertiary alicyclic amines) is 1. The van der Waals surface area contributed by atoms with E-state index < -0.39 is 11.2 Å². The molecule has 3 aromatic rings. The molecule has 4 heterocycles. The highest BCUT2D eigenvalue weighted by Gasteiger charge is 2.37. The van der Waals surface area contributed by atoms with Crippen LogP contribution in [0.5, 0.6) is 0 Å². The minimum atomic E-state index is -0.518. The van der Waals surface area contributed by atoms with Gasteiger partial charge in [0.25, 0.3) is 11.5 Å². The van der Waals surface area contributed by atoms with Gasteiger partial charge in [0, 0.05) is 55.1 Å². The average molecular weight is 486 g/mol. The van der Waals surface area contributed by atoms with Crippen LogP contribution in [0.2, 0.25) is 0 Å². The molecular weight excluding hydrogens is 454 g/mol. The first kappa shape index (κ1) is 24.3. The monoisotopic (exact) mass is 485 g/mol. The van der Waals surface area contributed by atoms with Gasteiger partial charge in [-0.2, -0.15) is 0 Å². The van der Waals surface area contributed by atoms with E-state index in [9.17, 15) is 14.4 Å². The van der Waals surface area contributed by atoms with Crippen LogP contribution < -0.4 is 16.6 Å². The number of benzene rings is 1. The van der Waals surface area contributed by atoms with Gasteiger partial charge in [0.15, 0.2) is 0 Å². The number of piperidine rings is 2. The van der Waals surface area contributed by atoms with Gasteiger partial charge >= 0.3 is 5.69 Å². The standard InChI is InChI=1S/C25H31N5O3.ClH/c1-17(2)29-10-4-19-20(29)14-18(15-21(19)30-11-5-22(31)27-24(30)33)23(32)28-12-7-25(8-13-28)6-3-9-26-16-25;/h4-5,10-11,14-15,17,26H,3,6-9,12-13,16H2,1-2H3,(H,27,31,33);1H. The molecule has 182 valence electrons. The van der Waals surface area contributed by atoms with Crippen molar-refractivity contribution in [2.75, 3.05) is 26.2 Å². The van der Waals surface area contributed by atoms with Crippen molar-refractivity contribution < 1.29 is 4.79 Å². The lowest BCUT2D eigenvalue weighted by Crippen LogP contribution is -2.49. The molecule has 8 nitrogen and oxygen atoms in total. The van der Waals surface area contributed by atoms with Crippen molar-refractivity contribution in [3.05, 3.63) is 63.1 Å². The van der Waals surface area contributed by atoms with Gasteiger partial charge in [-0.3, -0.25) is 19.1 Å². The third kappa shape index (κ3) is 4.32. The van der Waals surface area contributed by atoms with E-state index in [0.29, 0.717) is 16.7 Å². The Morgan fingerprint density at radius 2 is 1.82 bits per heavy atom. The lowest BCUT2D eigenvalue weighted by molar-refractivity contribution is 0.0513. The summed E-state index contributed by atoms with van der Waals surface area (Å²) >= 11 is 0. The van der Waals surface area contributed by atoms with Gasteiger partial charge in [-0.1, -0.05) is 0 Å². The van der Waals surface area contributed by atoms with E-state index in [1.165, 1.54) is 29.7 Å². The van der Waals surface area contributed by atoms with E-state index in [2.05, 4.69) is 28.7 Å². The van der Waals surface area contributed by atoms with Crippen molar-refractivity contribution in [3.8, 4) is 5.69 Å². The molecule has 1 amide bonds. The predicted octanol–water partition coefficient (Wildman–Crippen LogP) is 3.09. The number of hydrogen-bond acceptors (Lipinski definition) is 4. The second-order valence-corrected chi connectivity index (χ2v) is 9.80. The SMILES string of the molecule is CC(C)n1ccc2c(-n3ccc(=O)[nH]c3=O)cc(C(=O)N3CCC4(CCCNC4)CC3)cc21.Cl. The molecule has 2 N–H and O–H groups in total. The van der Waals surface area contributed by atoms with Gasteiger partial charge in [-0.25, -0.2) is 4.79 Å². The van der Waals surface area contributed by atoms with Crippen molar-refractivity contribution in [2.45, 2.75) is 45.6 Å². The van der Waals surface area contributed by atoms with E-state index in [0.717, 1.165) is 49.9 Å². The third-order valence-electron chi connectivity index (χ3n) is 7.38. The number of aromatic nitrogens is 3. The molecule has 0 unspecified atom stereocenters. The summed E-state index contributed by atoms with van der Waals surface area (Å²) in [7, 11) is 0. The maximum Gasteiger partial charge on any atom is 0.332 e. The highest BCUT2D eigenvalue weighted by molar-refractivity contribution is 6.01. The fraction of sp³-hybridized carbons (Fsp3) is 0.480. The Labute approximate surface area is 204 Å². The summed E-state index contributed by atoms with van der Waals surface area (Å²) in [5.74, 6) is -0.00857. The van der Waals surface area contributed by atoms with Crippen molar-refractivity contribution >= 4 is 29.2 Å². The van der Waals surface area contributed by atoms with Crippen LogP contribution in [0.15, 0.2) is 46.2 Å². The highest BCUT2D eigenvalue weighted by Crippen LogP contribution is 2.38. The van der Waals surface area contributed by atoms with Crippen molar-refractivity contribution in [1.29, 1.82) is 0 Å². The van der Waals surface area contributed by atoms with Gasteiger partial charge in [0.05, 0.1) is 11.2 Å². The lowest BCUT2D eigenvalue weighted by Gasteiger charge is -2.44. The normalized spacial score (nSPS) is 17.8. The van der Waals surface area contributed by atoms with E-state index in [-0.39, 0.29) is 24.4 Å². The maximum absolute atomic E-state index is 13.6. The summed E-state index contributed by atoms with van der Waals surface area (Å²) in [5, 5.41) is 4.39. The molecule has 2 saturated heterocycles. The molecule has 2 aromatic heterocycles. The Kier molecular flexibility index (Phi) is 6.73. The molecule has 1 spiro atoms. The second kappa shape index (κ2) is 9.43. The first-order chi connectivity index (χ1) is 15.9. The van der Waals surface area contributed by atoms with Crippen molar-refractivity contribution in [3.63, 3.8) is 0 Å². The minimum absolute atomic E-state index is 0. The lowest BCUT2D eigenvalue weighted by atomic mass is 9.73. The van der Waals surface area contributed by atoms with Crippen LogP contribution in [0.1, 0.15) is 55.9 Å². The molecule has 5 rings (SSSR count). The molecular formula is C25H32ClN5O3. The number of H-pyrrole nitrogens is 1. The van der Waals surface area contributed by atoms with Crippen LogP contribution >= 0.6 is 12.4 Å². The second-order valence-electron chi connectivity index (χ2n) is 9.80. The number of hydrogen-bond donors (Lipinski definition) is 2. The van der Waals surface area contributed by atoms with E-state index in [1.54, 1.807) is 6.07 Å². The minimum Gasteiger partial charge on any atom is -0.345 e. The molecule has 2 aliphatic heterocycles. The summed E-state index contributed by atoms with van der Waals surface area (Å²) in [6, 6.07) is 7.19. The Morgan fingerprint density at radius 3 is 2.47 bits per heavy atom.